The molecule has 0 aliphatic heterocycles. The van der Waals surface area contributed by atoms with Crippen LogP contribution < -0.4 is 0 Å². The standard InChI is InChI=1S/C19H17NO/c1-14-10-11-20-18(12-14)19-16(13-21)8-5-9-17(19)15-6-3-2-4-7-15/h2-12,21H,13H2,1H3. The van der Waals surface area contributed by atoms with E-state index in [2.05, 4.69) is 36.2 Å². The summed E-state index contributed by atoms with van der Waals surface area (Å²) >= 11 is 0. The number of aryl methyl sites for hydroxylation is 1. The summed E-state index contributed by atoms with van der Waals surface area (Å²) in [6, 6.07) is 20.2. The summed E-state index contributed by atoms with van der Waals surface area (Å²) < 4.78 is 0. The van der Waals surface area contributed by atoms with Crippen LogP contribution in [-0.4, -0.2) is 10.1 Å². The molecule has 104 valence electrons. The molecule has 0 aliphatic carbocycles. The molecule has 0 amide bonds. The molecule has 0 saturated carbocycles. The van der Waals surface area contributed by atoms with Crippen LogP contribution >= 0.6 is 0 Å². The van der Waals surface area contributed by atoms with E-state index in [1.807, 2.05) is 42.6 Å². The van der Waals surface area contributed by atoms with Crippen molar-refractivity contribution in [3.05, 3.63) is 78.0 Å². The first kappa shape index (κ1) is 13.5. The van der Waals surface area contributed by atoms with Gasteiger partial charge in [-0.1, -0.05) is 48.5 Å². The molecular weight excluding hydrogens is 258 g/mol. The maximum Gasteiger partial charge on any atom is 0.0714 e. The van der Waals surface area contributed by atoms with Gasteiger partial charge in [-0.05, 0) is 41.3 Å². The van der Waals surface area contributed by atoms with E-state index in [0.717, 1.165) is 33.5 Å². The lowest BCUT2D eigenvalue weighted by Crippen LogP contribution is -1.95. The second-order valence-electron chi connectivity index (χ2n) is 5.08. The summed E-state index contributed by atoms with van der Waals surface area (Å²) in [5.74, 6) is 0. The molecule has 2 nitrogen and oxygen atoms in total. The molecule has 21 heavy (non-hydrogen) atoms. The Morgan fingerprint density at radius 3 is 2.48 bits per heavy atom. The highest BCUT2D eigenvalue weighted by atomic mass is 16.3. The van der Waals surface area contributed by atoms with Crippen LogP contribution in [0.5, 0.6) is 0 Å². The van der Waals surface area contributed by atoms with E-state index >= 15 is 0 Å². The van der Waals surface area contributed by atoms with E-state index in [-0.39, 0.29) is 6.61 Å². The molecule has 0 atom stereocenters. The van der Waals surface area contributed by atoms with Gasteiger partial charge in [0.1, 0.15) is 0 Å². The average Bonchev–Trinajstić information content (AvgIpc) is 2.55. The van der Waals surface area contributed by atoms with Gasteiger partial charge in [-0.15, -0.1) is 0 Å². The number of aliphatic hydroxyl groups is 1. The summed E-state index contributed by atoms with van der Waals surface area (Å²) in [5, 5.41) is 9.69. The van der Waals surface area contributed by atoms with E-state index in [0.29, 0.717) is 0 Å². The summed E-state index contributed by atoms with van der Waals surface area (Å²) in [6.45, 7) is 2.06. The maximum atomic E-state index is 9.69. The van der Waals surface area contributed by atoms with Crippen LogP contribution in [-0.2, 0) is 6.61 Å². The van der Waals surface area contributed by atoms with E-state index in [4.69, 9.17) is 0 Å². The zero-order chi connectivity index (χ0) is 14.7. The lowest BCUT2D eigenvalue weighted by atomic mass is 9.93. The molecule has 0 aliphatic rings. The Morgan fingerprint density at radius 1 is 0.952 bits per heavy atom. The van der Waals surface area contributed by atoms with Crippen molar-refractivity contribution in [3.8, 4) is 22.4 Å². The molecule has 0 spiro atoms. The Balaban J connectivity index is 2.27. The summed E-state index contributed by atoms with van der Waals surface area (Å²) in [5.41, 5.74) is 6.20. The van der Waals surface area contributed by atoms with Gasteiger partial charge in [0, 0.05) is 11.8 Å². The normalized spacial score (nSPS) is 10.6. The van der Waals surface area contributed by atoms with Gasteiger partial charge in [-0.2, -0.15) is 0 Å². The Kier molecular flexibility index (Phi) is 3.80. The number of aromatic nitrogens is 1. The third-order valence-corrected chi connectivity index (χ3v) is 3.58. The van der Waals surface area contributed by atoms with Crippen LogP contribution in [0.4, 0.5) is 0 Å². The van der Waals surface area contributed by atoms with Crippen LogP contribution in [0.3, 0.4) is 0 Å². The molecule has 0 saturated heterocycles. The maximum absolute atomic E-state index is 9.69. The van der Waals surface area contributed by atoms with Gasteiger partial charge in [0.05, 0.1) is 12.3 Å². The number of aliphatic hydroxyl groups excluding tert-OH is 1. The van der Waals surface area contributed by atoms with Crippen molar-refractivity contribution in [2.24, 2.45) is 0 Å². The molecule has 1 N–H and O–H groups in total. The van der Waals surface area contributed by atoms with E-state index in [1.54, 1.807) is 0 Å². The topological polar surface area (TPSA) is 33.1 Å². The first-order chi connectivity index (χ1) is 10.3. The fraction of sp³-hybridized carbons (Fsp3) is 0.105. The highest BCUT2D eigenvalue weighted by Crippen LogP contribution is 2.34. The Hall–Kier alpha value is -2.45. The summed E-state index contributed by atoms with van der Waals surface area (Å²) in [7, 11) is 0. The minimum Gasteiger partial charge on any atom is -0.392 e. The zero-order valence-electron chi connectivity index (χ0n) is 12.0. The first-order valence-electron chi connectivity index (χ1n) is 7.01. The van der Waals surface area contributed by atoms with Gasteiger partial charge in [0.25, 0.3) is 0 Å². The molecular formula is C19H17NO. The van der Waals surface area contributed by atoms with Gasteiger partial charge >= 0.3 is 0 Å². The summed E-state index contributed by atoms with van der Waals surface area (Å²) in [6.07, 6.45) is 1.81. The van der Waals surface area contributed by atoms with Crippen LogP contribution in [0.15, 0.2) is 66.9 Å². The van der Waals surface area contributed by atoms with Crippen molar-refractivity contribution in [3.63, 3.8) is 0 Å². The molecule has 0 fully saturated rings. The van der Waals surface area contributed by atoms with Crippen molar-refractivity contribution in [2.75, 3.05) is 0 Å². The SMILES string of the molecule is Cc1ccnc(-c2c(CO)cccc2-c2ccccc2)c1. The predicted octanol–water partition coefficient (Wildman–Crippen LogP) is 4.22. The van der Waals surface area contributed by atoms with Crippen LogP contribution in [0.25, 0.3) is 22.4 Å². The van der Waals surface area contributed by atoms with E-state index in [1.165, 1.54) is 0 Å². The second-order valence-corrected chi connectivity index (χ2v) is 5.08. The smallest absolute Gasteiger partial charge is 0.0714 e. The van der Waals surface area contributed by atoms with Crippen LogP contribution in [0.1, 0.15) is 11.1 Å². The van der Waals surface area contributed by atoms with Crippen molar-refractivity contribution in [1.29, 1.82) is 0 Å². The Morgan fingerprint density at radius 2 is 1.76 bits per heavy atom. The van der Waals surface area contributed by atoms with E-state index in [9.17, 15) is 5.11 Å². The number of rotatable bonds is 3. The Bertz CT molecular complexity index is 751. The third-order valence-electron chi connectivity index (χ3n) is 3.58. The molecule has 2 aromatic carbocycles. The number of nitrogens with zero attached hydrogens (tertiary/aromatic N) is 1. The highest BCUT2D eigenvalue weighted by Gasteiger charge is 2.12. The highest BCUT2D eigenvalue weighted by molar-refractivity contribution is 5.84. The second kappa shape index (κ2) is 5.90. The van der Waals surface area contributed by atoms with E-state index < -0.39 is 0 Å². The van der Waals surface area contributed by atoms with Crippen LogP contribution in [0, 0.1) is 6.92 Å². The van der Waals surface area contributed by atoms with Crippen LogP contribution in [0.2, 0.25) is 0 Å². The van der Waals surface area contributed by atoms with Crippen molar-refractivity contribution < 1.29 is 5.11 Å². The number of hydrogen-bond acceptors (Lipinski definition) is 2. The largest absolute Gasteiger partial charge is 0.392 e. The molecule has 3 aromatic rings. The van der Waals surface area contributed by atoms with Crippen molar-refractivity contribution in [1.82, 2.24) is 4.98 Å². The lowest BCUT2D eigenvalue weighted by Gasteiger charge is -2.14. The third kappa shape index (κ3) is 2.71. The quantitative estimate of drug-likeness (QED) is 0.776. The minimum absolute atomic E-state index is 0.00558. The summed E-state index contributed by atoms with van der Waals surface area (Å²) in [4.78, 5) is 4.49. The number of hydrogen-bond donors (Lipinski definition) is 1. The fourth-order valence-electron chi connectivity index (χ4n) is 2.57. The Labute approximate surface area is 124 Å². The zero-order valence-corrected chi connectivity index (χ0v) is 12.0. The average molecular weight is 275 g/mol. The van der Waals surface area contributed by atoms with Gasteiger partial charge in [-0.3, -0.25) is 4.98 Å². The molecule has 3 rings (SSSR count). The molecule has 0 unspecified atom stereocenters. The molecule has 1 aromatic heterocycles. The minimum atomic E-state index is 0.00558. The molecule has 0 radical (unpaired) electrons. The monoisotopic (exact) mass is 275 g/mol. The van der Waals surface area contributed by atoms with Gasteiger partial charge in [0.15, 0.2) is 0 Å². The predicted molar refractivity (Wildman–Crippen MR) is 85.8 cm³/mol. The number of benzene rings is 2. The number of pyridine rings is 1. The molecule has 1 heterocycles. The fourth-order valence-corrected chi connectivity index (χ4v) is 2.57. The lowest BCUT2D eigenvalue weighted by molar-refractivity contribution is 0.282. The first-order valence-corrected chi connectivity index (χ1v) is 7.01. The van der Waals surface area contributed by atoms with Gasteiger partial charge < -0.3 is 5.11 Å². The van der Waals surface area contributed by atoms with Crippen molar-refractivity contribution >= 4 is 0 Å². The molecule has 0 bridgehead atoms. The van der Waals surface area contributed by atoms with Gasteiger partial charge in [-0.25, -0.2) is 0 Å². The van der Waals surface area contributed by atoms with Crippen molar-refractivity contribution in [2.45, 2.75) is 13.5 Å². The van der Waals surface area contributed by atoms with Gasteiger partial charge in [0.2, 0.25) is 0 Å². The molecule has 2 heteroatoms.